The highest BCUT2D eigenvalue weighted by atomic mass is 28.3. The summed E-state index contributed by atoms with van der Waals surface area (Å²) >= 11 is 0. The highest BCUT2D eigenvalue weighted by Gasteiger charge is 2.19. The number of rotatable bonds is 11. The lowest BCUT2D eigenvalue weighted by Gasteiger charge is -2.16. The van der Waals surface area contributed by atoms with Crippen LogP contribution in [0.2, 0.25) is 0 Å². The Bertz CT molecular complexity index is 606. The molecule has 0 N–H and O–H groups in total. The summed E-state index contributed by atoms with van der Waals surface area (Å²) in [6, 6.07) is 7.97. The average Bonchev–Trinajstić information content (AvgIpc) is 2.68. The van der Waals surface area contributed by atoms with E-state index in [4.69, 9.17) is 17.7 Å². The van der Waals surface area contributed by atoms with Gasteiger partial charge in [-0.05, 0) is 62.3 Å². The van der Waals surface area contributed by atoms with Gasteiger partial charge in [-0.2, -0.15) is 0 Å². The average molecular weight is 393 g/mol. The Morgan fingerprint density at radius 2 is 1.00 bits per heavy atom. The zero-order chi connectivity index (χ0) is 18.8. The molecule has 2 rings (SSSR count). The van der Waals surface area contributed by atoms with E-state index in [0.29, 0.717) is 26.4 Å². The van der Waals surface area contributed by atoms with E-state index in [1.54, 1.807) is 12.4 Å². The molecule has 2 heterocycles. The van der Waals surface area contributed by atoms with Gasteiger partial charge in [0.15, 0.2) is 0 Å². The van der Waals surface area contributed by atoms with Gasteiger partial charge in [-0.15, -0.1) is 0 Å². The van der Waals surface area contributed by atoms with Crippen molar-refractivity contribution < 1.29 is 17.7 Å². The van der Waals surface area contributed by atoms with Crippen molar-refractivity contribution in [3.63, 3.8) is 0 Å². The zero-order valence-corrected chi connectivity index (χ0v) is 18.3. The van der Waals surface area contributed by atoms with Crippen molar-refractivity contribution in [1.82, 2.24) is 9.97 Å². The fraction of sp³-hybridized carbons (Fsp3) is 0.444. The highest BCUT2D eigenvalue weighted by molar-refractivity contribution is 6.62. The summed E-state index contributed by atoms with van der Waals surface area (Å²) < 4.78 is 23.3. The quantitative estimate of drug-likeness (QED) is 0.535. The van der Waals surface area contributed by atoms with Crippen molar-refractivity contribution in [1.29, 1.82) is 0 Å². The van der Waals surface area contributed by atoms with Crippen molar-refractivity contribution in [2.45, 2.75) is 27.7 Å². The van der Waals surface area contributed by atoms with Crippen molar-refractivity contribution in [3.8, 4) is 11.4 Å². The van der Waals surface area contributed by atoms with E-state index >= 15 is 0 Å². The molecule has 0 fully saturated rings. The first kappa shape index (κ1) is 20.9. The van der Waals surface area contributed by atoms with Crippen LogP contribution in [0.15, 0.2) is 36.7 Å². The Morgan fingerprint density at radius 3 is 1.31 bits per heavy atom. The number of hydrogen-bond donors (Lipinski definition) is 0. The molecule has 2 aromatic heterocycles. The number of hydrogen-bond acceptors (Lipinski definition) is 6. The molecule has 8 heteroatoms. The van der Waals surface area contributed by atoms with Gasteiger partial charge in [0.25, 0.3) is 0 Å². The molecule has 2 aromatic rings. The summed E-state index contributed by atoms with van der Waals surface area (Å²) in [7, 11) is -3.81. The molecule has 26 heavy (non-hydrogen) atoms. The number of pyridine rings is 2. The molecule has 0 amide bonds. The molecule has 0 aromatic carbocycles. The molecule has 0 bridgehead atoms. The van der Waals surface area contributed by atoms with Crippen LogP contribution in [0.5, 0.6) is 0 Å². The normalized spacial score (nSPS) is 11.5. The molecule has 0 saturated carbocycles. The van der Waals surface area contributed by atoms with E-state index in [1.165, 1.54) is 0 Å². The molecule has 0 aliphatic rings. The van der Waals surface area contributed by atoms with E-state index < -0.39 is 18.6 Å². The number of aromatic nitrogens is 2. The third-order valence-corrected chi connectivity index (χ3v) is 8.00. The first-order chi connectivity index (χ1) is 12.7. The lowest BCUT2D eigenvalue weighted by Crippen LogP contribution is -2.38. The molecular weight excluding hydrogens is 364 g/mol. The van der Waals surface area contributed by atoms with Crippen molar-refractivity contribution >= 4 is 28.9 Å². The van der Waals surface area contributed by atoms with Gasteiger partial charge in [-0.3, -0.25) is 9.97 Å². The maximum absolute atomic E-state index is 5.82. The van der Waals surface area contributed by atoms with Gasteiger partial charge in [0, 0.05) is 38.8 Å². The summed E-state index contributed by atoms with van der Waals surface area (Å²) in [4.78, 5) is 8.97. The van der Waals surface area contributed by atoms with Crippen LogP contribution >= 0.6 is 0 Å². The van der Waals surface area contributed by atoms with Crippen molar-refractivity contribution in [2.24, 2.45) is 0 Å². The summed E-state index contributed by atoms with van der Waals surface area (Å²) in [6.07, 6.45) is 3.58. The van der Waals surface area contributed by atoms with Gasteiger partial charge >= 0.3 is 18.6 Å². The van der Waals surface area contributed by atoms with Crippen LogP contribution in [0.3, 0.4) is 0 Å². The van der Waals surface area contributed by atoms with Crippen LogP contribution in [0.25, 0.3) is 11.4 Å². The summed E-state index contributed by atoms with van der Waals surface area (Å²) in [5.41, 5.74) is 1.61. The Kier molecular flexibility index (Phi) is 9.09. The fourth-order valence-electron chi connectivity index (χ4n) is 2.55. The Morgan fingerprint density at radius 1 is 0.654 bits per heavy atom. The monoisotopic (exact) mass is 392 g/mol. The van der Waals surface area contributed by atoms with Crippen LogP contribution in [0.4, 0.5) is 0 Å². The third kappa shape index (κ3) is 5.80. The summed E-state index contributed by atoms with van der Waals surface area (Å²) in [5, 5.41) is 2.13. The second-order valence-corrected chi connectivity index (χ2v) is 9.43. The van der Waals surface area contributed by atoms with E-state index in [0.717, 1.165) is 21.8 Å². The van der Waals surface area contributed by atoms with E-state index in [9.17, 15) is 0 Å². The van der Waals surface area contributed by atoms with Gasteiger partial charge < -0.3 is 17.7 Å². The van der Waals surface area contributed by atoms with Crippen LogP contribution in [-0.4, -0.2) is 55.0 Å². The van der Waals surface area contributed by atoms with Crippen LogP contribution in [0.1, 0.15) is 27.7 Å². The molecule has 142 valence electrons. The van der Waals surface area contributed by atoms with Crippen LogP contribution < -0.4 is 10.4 Å². The van der Waals surface area contributed by atoms with Gasteiger partial charge in [-0.1, -0.05) is 0 Å². The number of nitrogens with zero attached hydrogens (tertiary/aromatic N) is 2. The van der Waals surface area contributed by atoms with Gasteiger partial charge in [0.05, 0.1) is 11.4 Å². The van der Waals surface area contributed by atoms with Crippen LogP contribution in [0, 0.1) is 0 Å². The Balaban J connectivity index is 2.30. The van der Waals surface area contributed by atoms with Crippen molar-refractivity contribution in [3.05, 3.63) is 36.7 Å². The maximum Gasteiger partial charge on any atom is 0.355 e. The summed E-state index contributed by atoms with van der Waals surface area (Å²) in [5.74, 6) is 0. The van der Waals surface area contributed by atoms with Gasteiger partial charge in [0.1, 0.15) is 0 Å². The Hall–Kier alpha value is -1.43. The Labute approximate surface area is 159 Å². The molecule has 0 aliphatic carbocycles. The predicted octanol–water partition coefficient (Wildman–Crippen LogP) is 1.14. The fourth-order valence-corrected chi connectivity index (χ4v) is 5.80. The largest absolute Gasteiger partial charge is 0.394 e. The summed E-state index contributed by atoms with van der Waals surface area (Å²) in [6.45, 7) is 10.5. The zero-order valence-electron chi connectivity index (χ0n) is 16.0. The first-order valence-electron chi connectivity index (χ1n) is 9.12. The molecule has 0 spiro atoms. The first-order valence-corrected chi connectivity index (χ1v) is 12.2. The molecule has 0 aliphatic heterocycles. The topological polar surface area (TPSA) is 62.7 Å². The van der Waals surface area contributed by atoms with Crippen LogP contribution in [-0.2, 0) is 17.7 Å². The highest BCUT2D eigenvalue weighted by Crippen LogP contribution is 2.12. The second kappa shape index (κ2) is 11.3. The van der Waals surface area contributed by atoms with E-state index in [1.807, 2.05) is 52.0 Å². The minimum atomic E-state index is -1.91. The lowest BCUT2D eigenvalue weighted by molar-refractivity contribution is 0.225. The standard InChI is InChI=1S/C18H28N2O4Si2/c1-5-21-25(22-6-2)15-9-11-19-17(13-15)18-14-16(10-12-20-18)26(23-7-3)24-8-4/h9-14,25-26H,5-8H2,1-4H3. The second-order valence-electron chi connectivity index (χ2n) is 5.43. The maximum atomic E-state index is 5.82. The molecule has 0 radical (unpaired) electrons. The molecule has 0 saturated heterocycles. The van der Waals surface area contributed by atoms with E-state index in [-0.39, 0.29) is 0 Å². The predicted molar refractivity (Wildman–Crippen MR) is 108 cm³/mol. The lowest BCUT2D eigenvalue weighted by atomic mass is 10.2. The smallest absolute Gasteiger partial charge is 0.355 e. The molecular formula is C18H28N2O4Si2. The van der Waals surface area contributed by atoms with Gasteiger partial charge in [0.2, 0.25) is 0 Å². The minimum absolute atomic E-state index is 0.637. The van der Waals surface area contributed by atoms with E-state index in [2.05, 4.69) is 9.97 Å². The SMILES string of the molecule is CCO[SiH](OCC)c1ccnc(-c2cc([SiH](OCC)OCC)ccn2)c1. The molecule has 0 atom stereocenters. The third-order valence-electron chi connectivity index (χ3n) is 3.65. The molecule has 6 nitrogen and oxygen atoms in total. The minimum Gasteiger partial charge on any atom is -0.394 e. The molecule has 0 unspecified atom stereocenters. The van der Waals surface area contributed by atoms with Crippen molar-refractivity contribution in [2.75, 3.05) is 26.4 Å². The van der Waals surface area contributed by atoms with Gasteiger partial charge in [-0.25, -0.2) is 0 Å².